The normalized spacial score (nSPS) is 14.4. The predicted molar refractivity (Wildman–Crippen MR) is 124 cm³/mol. The number of aromatic nitrogens is 5. The second-order valence-corrected chi connectivity index (χ2v) is 8.48. The second kappa shape index (κ2) is 8.20. The summed E-state index contributed by atoms with van der Waals surface area (Å²) in [5, 5.41) is 4.78. The van der Waals surface area contributed by atoms with Crippen LogP contribution in [0.15, 0.2) is 47.3 Å². The van der Waals surface area contributed by atoms with E-state index in [1.165, 1.54) is 21.9 Å². The van der Waals surface area contributed by atoms with Crippen LogP contribution in [0.25, 0.3) is 28.0 Å². The molecule has 4 aromatic rings. The summed E-state index contributed by atoms with van der Waals surface area (Å²) in [5.41, 5.74) is 12.1. The third-order valence-corrected chi connectivity index (χ3v) is 6.07. The molecule has 4 heterocycles. The van der Waals surface area contributed by atoms with Crippen molar-refractivity contribution in [3.8, 4) is 22.4 Å². The number of rotatable bonds is 5. The first kappa shape index (κ1) is 20.4. The molecule has 0 unspecified atom stereocenters. The van der Waals surface area contributed by atoms with Crippen LogP contribution in [0.1, 0.15) is 24.2 Å². The van der Waals surface area contributed by atoms with Crippen LogP contribution in [0.4, 0.5) is 5.95 Å². The van der Waals surface area contributed by atoms with Crippen LogP contribution >= 0.6 is 0 Å². The van der Waals surface area contributed by atoms with Gasteiger partial charge in [-0.1, -0.05) is 30.3 Å². The van der Waals surface area contributed by atoms with Crippen molar-refractivity contribution in [1.29, 1.82) is 0 Å². The maximum Gasteiger partial charge on any atom is 0.411 e. The van der Waals surface area contributed by atoms with Crippen LogP contribution < -0.4 is 16.4 Å². The number of benzene rings is 1. The van der Waals surface area contributed by atoms with Crippen molar-refractivity contribution in [1.82, 2.24) is 24.1 Å². The monoisotopic (exact) mass is 430 g/mol. The molecular formula is C24H28N7O+. The van der Waals surface area contributed by atoms with Crippen molar-refractivity contribution in [2.45, 2.75) is 33.2 Å². The summed E-state index contributed by atoms with van der Waals surface area (Å²) in [5.74, 6) is 0.266. The highest BCUT2D eigenvalue weighted by Crippen LogP contribution is 2.32. The van der Waals surface area contributed by atoms with E-state index in [0.717, 1.165) is 53.4 Å². The molecule has 3 aromatic heterocycles. The van der Waals surface area contributed by atoms with E-state index in [9.17, 15) is 4.79 Å². The van der Waals surface area contributed by atoms with E-state index < -0.39 is 0 Å². The Kier molecular flexibility index (Phi) is 5.22. The van der Waals surface area contributed by atoms with E-state index in [1.807, 2.05) is 56.3 Å². The zero-order chi connectivity index (χ0) is 22.2. The number of nitrogens with one attached hydrogen (secondary N) is 1. The van der Waals surface area contributed by atoms with E-state index in [0.29, 0.717) is 12.2 Å². The molecule has 0 aliphatic carbocycles. The Morgan fingerprint density at radius 2 is 1.69 bits per heavy atom. The number of aromatic amines is 1. The largest absolute Gasteiger partial charge is 0.411 e. The lowest BCUT2D eigenvalue weighted by molar-refractivity contribution is -0.351. The van der Waals surface area contributed by atoms with Gasteiger partial charge in [0.1, 0.15) is 5.69 Å². The number of nitrogens with zero attached hydrogens (tertiary/aromatic N) is 5. The Bertz CT molecular complexity index is 1310. The van der Waals surface area contributed by atoms with Crippen LogP contribution in [0.5, 0.6) is 0 Å². The summed E-state index contributed by atoms with van der Waals surface area (Å²) in [6.07, 6.45) is 2.43. The van der Waals surface area contributed by atoms with Gasteiger partial charge in [0.25, 0.3) is 0 Å². The van der Waals surface area contributed by atoms with Gasteiger partial charge in [0, 0.05) is 23.5 Å². The van der Waals surface area contributed by atoms with Crippen molar-refractivity contribution in [2.24, 2.45) is 0 Å². The van der Waals surface area contributed by atoms with Crippen LogP contribution in [-0.2, 0) is 6.54 Å². The smallest absolute Gasteiger partial charge is 0.301 e. The molecular weight excluding hydrogens is 402 g/mol. The summed E-state index contributed by atoms with van der Waals surface area (Å²) in [7, 11) is 0. The number of pyridine rings is 1. The van der Waals surface area contributed by atoms with E-state index in [2.05, 4.69) is 14.9 Å². The molecule has 0 atom stereocenters. The zero-order valence-corrected chi connectivity index (χ0v) is 18.5. The van der Waals surface area contributed by atoms with E-state index >= 15 is 0 Å². The summed E-state index contributed by atoms with van der Waals surface area (Å²) < 4.78 is 3.02. The molecule has 1 fully saturated rings. The van der Waals surface area contributed by atoms with Gasteiger partial charge in [-0.25, -0.2) is 9.78 Å². The predicted octanol–water partition coefficient (Wildman–Crippen LogP) is 2.33. The van der Waals surface area contributed by atoms with Gasteiger partial charge >= 0.3 is 11.6 Å². The van der Waals surface area contributed by atoms with E-state index in [-0.39, 0.29) is 11.6 Å². The van der Waals surface area contributed by atoms with Crippen molar-refractivity contribution in [3.05, 3.63) is 64.3 Å². The van der Waals surface area contributed by atoms with Crippen molar-refractivity contribution in [2.75, 3.05) is 25.4 Å². The molecule has 0 radical (unpaired) electrons. The first-order chi connectivity index (χ1) is 15.5. The molecule has 0 bridgehead atoms. The minimum Gasteiger partial charge on any atom is -0.301 e. The molecule has 3 N–H and O–H groups in total. The molecule has 164 valence electrons. The van der Waals surface area contributed by atoms with Crippen molar-refractivity contribution >= 4 is 11.6 Å². The van der Waals surface area contributed by atoms with Crippen LogP contribution in [0.3, 0.4) is 0 Å². The first-order valence-corrected chi connectivity index (χ1v) is 11.1. The average Bonchev–Trinajstić information content (AvgIpc) is 3.40. The van der Waals surface area contributed by atoms with Gasteiger partial charge in [-0.05, 0) is 57.5 Å². The molecule has 5 rings (SSSR count). The standard InChI is InChI=1S/C24H27N7O/c1-16-14-19(15-17(2)26-16)20-21(18-8-4-3-5-9-18)27-23(25)31-22(20)28-30(24(31)32)13-12-29-10-6-7-11-29/h3-5,8-9,14-15H,6-7,10-13H2,1-2H3,(H2,25,27)/p+1. The number of hydrogen-bond acceptors (Lipinski definition) is 5. The molecule has 0 saturated carbocycles. The highest BCUT2D eigenvalue weighted by atomic mass is 16.2. The maximum atomic E-state index is 13.3. The number of aryl methyl sites for hydroxylation is 2. The van der Waals surface area contributed by atoms with E-state index in [1.54, 1.807) is 0 Å². The van der Waals surface area contributed by atoms with Crippen LogP contribution in [0, 0.1) is 13.8 Å². The van der Waals surface area contributed by atoms with Gasteiger partial charge in [0.15, 0.2) is 0 Å². The minimum absolute atomic E-state index is 0.226. The topological polar surface area (TPSA) is 95.6 Å². The quantitative estimate of drug-likeness (QED) is 0.524. The van der Waals surface area contributed by atoms with Crippen LogP contribution in [0.2, 0.25) is 0 Å². The SMILES string of the molecule is Cc1cc(-c2c(-c3ccccc3)[nH+]c(N)n3c(=O)n(CCN4CCCC4)nc23)cc(C)n1. The Hall–Kier alpha value is -3.52. The number of nitrogens with two attached hydrogens (primary N) is 1. The molecule has 1 aromatic carbocycles. The Morgan fingerprint density at radius 1 is 1.00 bits per heavy atom. The first-order valence-electron chi connectivity index (χ1n) is 11.1. The Morgan fingerprint density at radius 3 is 2.38 bits per heavy atom. The average molecular weight is 431 g/mol. The highest BCUT2D eigenvalue weighted by Gasteiger charge is 2.26. The Labute approximate surface area is 186 Å². The number of likely N-dealkylation sites (tertiary alicyclic amines) is 1. The van der Waals surface area contributed by atoms with E-state index in [4.69, 9.17) is 10.8 Å². The van der Waals surface area contributed by atoms with Gasteiger partial charge in [0.05, 0.1) is 12.1 Å². The van der Waals surface area contributed by atoms with Gasteiger partial charge in [-0.3, -0.25) is 10.7 Å². The number of fused-ring (bicyclic) bond motifs is 1. The molecule has 8 heteroatoms. The maximum absolute atomic E-state index is 13.3. The zero-order valence-electron chi connectivity index (χ0n) is 18.5. The minimum atomic E-state index is -0.226. The Balaban J connectivity index is 1.73. The van der Waals surface area contributed by atoms with Gasteiger partial charge in [0.2, 0.25) is 5.65 Å². The third kappa shape index (κ3) is 3.67. The summed E-state index contributed by atoms with van der Waals surface area (Å²) in [6.45, 7) is 7.44. The summed E-state index contributed by atoms with van der Waals surface area (Å²) >= 11 is 0. The fraction of sp³-hybridized carbons (Fsp3) is 0.333. The van der Waals surface area contributed by atoms with Crippen molar-refractivity contribution in [3.63, 3.8) is 0 Å². The van der Waals surface area contributed by atoms with Gasteiger partial charge in [-0.15, -0.1) is 9.50 Å². The lowest BCUT2D eigenvalue weighted by Gasteiger charge is -2.12. The lowest BCUT2D eigenvalue weighted by Crippen LogP contribution is -2.31. The molecule has 1 aliphatic rings. The second-order valence-electron chi connectivity index (χ2n) is 8.48. The fourth-order valence-electron chi connectivity index (χ4n) is 4.61. The number of hydrogen-bond donors (Lipinski definition) is 1. The van der Waals surface area contributed by atoms with Gasteiger partial charge in [-0.2, -0.15) is 4.68 Å². The molecule has 1 aliphatic heterocycles. The third-order valence-electron chi connectivity index (χ3n) is 6.07. The van der Waals surface area contributed by atoms with Crippen molar-refractivity contribution < 1.29 is 4.98 Å². The molecule has 0 amide bonds. The number of H-pyrrole nitrogens is 1. The molecule has 0 spiro atoms. The number of anilines is 1. The molecule has 1 saturated heterocycles. The molecule has 32 heavy (non-hydrogen) atoms. The number of nitrogen functional groups attached to an aromatic ring is 1. The summed E-state index contributed by atoms with van der Waals surface area (Å²) in [4.78, 5) is 23.4. The van der Waals surface area contributed by atoms with Gasteiger partial charge < -0.3 is 4.90 Å². The van der Waals surface area contributed by atoms with Crippen LogP contribution in [-0.4, -0.2) is 43.7 Å². The lowest BCUT2D eigenvalue weighted by atomic mass is 9.99. The highest BCUT2D eigenvalue weighted by molar-refractivity contribution is 5.88. The summed E-state index contributed by atoms with van der Waals surface area (Å²) in [6, 6.07) is 14.0. The molecule has 8 nitrogen and oxygen atoms in total. The fourth-order valence-corrected chi connectivity index (χ4v) is 4.61.